The van der Waals surface area contributed by atoms with Crippen LogP contribution in [0.2, 0.25) is 0 Å². The van der Waals surface area contributed by atoms with Crippen LogP contribution in [0.3, 0.4) is 0 Å². The molecule has 0 bridgehead atoms. The van der Waals surface area contributed by atoms with E-state index in [1.807, 2.05) is 0 Å². The van der Waals surface area contributed by atoms with Gasteiger partial charge in [0.1, 0.15) is 18.2 Å². The quantitative estimate of drug-likeness (QED) is 0.292. The zero-order valence-electron chi connectivity index (χ0n) is 16.7. The highest BCUT2D eigenvalue weighted by Gasteiger charge is 2.66. The largest absolute Gasteiger partial charge is 0.463 e. The van der Waals surface area contributed by atoms with E-state index < -0.39 is 59.4 Å². The van der Waals surface area contributed by atoms with Crippen LogP contribution >= 0.6 is 0 Å². The van der Waals surface area contributed by atoms with Crippen LogP contribution < -0.4 is 5.32 Å². The summed E-state index contributed by atoms with van der Waals surface area (Å²) >= 11 is 0. The van der Waals surface area contributed by atoms with E-state index in [9.17, 15) is 31.5 Å². The van der Waals surface area contributed by atoms with Crippen LogP contribution in [-0.2, 0) is 23.9 Å². The number of halogens is 5. The number of rotatable bonds is 7. The maximum atomic E-state index is 13.9. The van der Waals surface area contributed by atoms with Gasteiger partial charge < -0.3 is 19.6 Å². The molecule has 1 heterocycles. The van der Waals surface area contributed by atoms with Gasteiger partial charge in [-0.2, -0.15) is 13.2 Å². The number of nitrogens with zero attached hydrogens (tertiary/aromatic N) is 1. The van der Waals surface area contributed by atoms with Gasteiger partial charge in [-0.05, 0) is 18.6 Å². The summed E-state index contributed by atoms with van der Waals surface area (Å²) in [6, 6.07) is 1.23. The molecule has 174 valence electrons. The monoisotopic (exact) mass is 462 g/mol. The molecule has 0 unspecified atom stereocenters. The predicted molar refractivity (Wildman–Crippen MR) is 99.4 cm³/mol. The number of methoxy groups -OCH3 is 1. The van der Waals surface area contributed by atoms with E-state index in [1.54, 1.807) is 0 Å². The Morgan fingerprint density at radius 3 is 2.50 bits per heavy atom. The number of amides is 1. The van der Waals surface area contributed by atoms with Gasteiger partial charge in [-0.1, -0.05) is 17.3 Å². The smallest absolute Gasteiger partial charge is 0.440 e. The van der Waals surface area contributed by atoms with Crippen molar-refractivity contribution in [1.29, 1.82) is 0 Å². The van der Waals surface area contributed by atoms with E-state index in [1.165, 1.54) is 19.3 Å². The minimum Gasteiger partial charge on any atom is -0.463 e. The number of benzene rings is 1. The highest BCUT2D eigenvalue weighted by atomic mass is 19.4. The Labute approximate surface area is 179 Å². The Bertz CT molecular complexity index is 929. The van der Waals surface area contributed by atoms with Gasteiger partial charge in [-0.3, -0.25) is 9.59 Å². The molecule has 1 N–H and O–H groups in total. The third kappa shape index (κ3) is 4.90. The molecule has 0 spiro atoms. The van der Waals surface area contributed by atoms with E-state index >= 15 is 0 Å². The molecule has 1 aliphatic carbocycles. The van der Waals surface area contributed by atoms with Gasteiger partial charge in [0.05, 0.1) is 24.7 Å². The fraction of sp³-hybridized carbons (Fsp3) is 0.450. The van der Waals surface area contributed by atoms with Crippen molar-refractivity contribution in [2.24, 2.45) is 11.1 Å². The topological polar surface area (TPSA) is 86.2 Å². The maximum Gasteiger partial charge on any atom is 0.440 e. The first-order valence-corrected chi connectivity index (χ1v) is 9.49. The second-order valence-electron chi connectivity index (χ2n) is 7.26. The molecule has 2 aliphatic rings. The molecule has 3 rings (SSSR count). The molecule has 0 radical (unpaired) electrons. The van der Waals surface area contributed by atoms with Crippen LogP contribution in [0.4, 0.5) is 22.0 Å². The zero-order chi connectivity index (χ0) is 23.5. The number of hydrogen-bond donors (Lipinski definition) is 1. The molecular formula is C20H19F5N2O5. The third-order valence-corrected chi connectivity index (χ3v) is 4.98. The highest BCUT2D eigenvalue weighted by molar-refractivity contribution is 6.06. The molecule has 1 aromatic rings. The molecule has 0 fully saturated rings. The summed E-state index contributed by atoms with van der Waals surface area (Å²) in [7, 11) is 1.43. The molecule has 32 heavy (non-hydrogen) atoms. The number of alkyl halides is 3. The molecule has 0 saturated heterocycles. The van der Waals surface area contributed by atoms with Gasteiger partial charge in [0.25, 0.3) is 5.91 Å². The van der Waals surface area contributed by atoms with Crippen molar-refractivity contribution in [3.8, 4) is 0 Å². The van der Waals surface area contributed by atoms with Crippen molar-refractivity contribution in [2.75, 3.05) is 20.3 Å². The number of carbonyl (C=O) groups excluding carboxylic acids is 2. The van der Waals surface area contributed by atoms with Crippen LogP contribution in [0.25, 0.3) is 0 Å². The summed E-state index contributed by atoms with van der Waals surface area (Å²) in [6.45, 7) is 0.202. The molecule has 1 amide bonds. The number of oxime groups is 1. The first kappa shape index (κ1) is 23.6. The summed E-state index contributed by atoms with van der Waals surface area (Å²) in [5, 5.41) is 5.48. The van der Waals surface area contributed by atoms with Crippen molar-refractivity contribution in [3.63, 3.8) is 0 Å². The Morgan fingerprint density at radius 1 is 1.19 bits per heavy atom. The second-order valence-corrected chi connectivity index (χ2v) is 7.26. The molecule has 12 heteroatoms. The van der Waals surface area contributed by atoms with Gasteiger partial charge >= 0.3 is 17.7 Å². The van der Waals surface area contributed by atoms with Crippen molar-refractivity contribution in [3.05, 3.63) is 47.5 Å². The van der Waals surface area contributed by atoms with Crippen LogP contribution in [0.5, 0.6) is 0 Å². The molecule has 3 atom stereocenters. The van der Waals surface area contributed by atoms with Crippen LogP contribution in [0.15, 0.2) is 35.5 Å². The van der Waals surface area contributed by atoms with Crippen LogP contribution in [0, 0.1) is 17.6 Å². The first-order valence-electron chi connectivity index (χ1n) is 9.49. The first-order chi connectivity index (χ1) is 15.1. The summed E-state index contributed by atoms with van der Waals surface area (Å²) in [5.41, 5.74) is -4.09. The highest BCUT2D eigenvalue weighted by Crippen LogP contribution is 2.42. The summed E-state index contributed by atoms with van der Waals surface area (Å²) in [5.74, 6) is -4.92. The van der Waals surface area contributed by atoms with E-state index in [-0.39, 0.29) is 25.2 Å². The standard InChI is InChI=1S/C20H19F5N2O5/c1-30-4-5-31-17(28)11-2-3-15(8-11)26-18(29)19(20(23,24)25)10-16(27-32-19)12-6-13(21)9-14(22)7-12/h2-3,6-7,9,11,15H,4-5,8,10H2,1H3,(H,26,29)/t11-,15+,19-/m1/s1. The van der Waals surface area contributed by atoms with Crippen LogP contribution in [0.1, 0.15) is 18.4 Å². The Morgan fingerprint density at radius 2 is 1.88 bits per heavy atom. The molecule has 7 nitrogen and oxygen atoms in total. The SMILES string of the molecule is COCCOC(=O)[C@@H]1C=C[C@H](NC(=O)[C@@]2(C(F)(F)F)CC(c3cc(F)cc(F)c3)=NO2)C1. The Balaban J connectivity index is 1.68. The minimum atomic E-state index is -5.19. The normalized spacial score (nSPS) is 24.8. The van der Waals surface area contributed by atoms with E-state index in [0.717, 1.165) is 12.1 Å². The zero-order valence-corrected chi connectivity index (χ0v) is 16.7. The van der Waals surface area contributed by atoms with E-state index in [4.69, 9.17) is 9.47 Å². The molecular weight excluding hydrogens is 443 g/mol. The average Bonchev–Trinajstić information content (AvgIpc) is 3.35. The third-order valence-electron chi connectivity index (χ3n) is 4.98. The lowest BCUT2D eigenvalue weighted by molar-refractivity contribution is -0.259. The van der Waals surface area contributed by atoms with Crippen molar-refractivity contribution >= 4 is 17.6 Å². The lowest BCUT2D eigenvalue weighted by Gasteiger charge is -2.29. The van der Waals surface area contributed by atoms with Crippen LogP contribution in [-0.4, -0.2) is 55.7 Å². The molecule has 1 aliphatic heterocycles. The number of hydrogen-bond acceptors (Lipinski definition) is 6. The minimum absolute atomic E-state index is 0.00564. The summed E-state index contributed by atoms with van der Waals surface area (Å²) in [6.07, 6.45) is -3.47. The predicted octanol–water partition coefficient (Wildman–Crippen LogP) is 2.64. The van der Waals surface area contributed by atoms with Gasteiger partial charge in [-0.15, -0.1) is 0 Å². The van der Waals surface area contributed by atoms with Gasteiger partial charge in [0, 0.05) is 24.8 Å². The van der Waals surface area contributed by atoms with Gasteiger partial charge in [0.2, 0.25) is 0 Å². The number of carbonyl (C=O) groups is 2. The molecule has 0 aromatic heterocycles. The second kappa shape index (κ2) is 9.23. The lowest BCUT2D eigenvalue weighted by atomic mass is 9.92. The maximum absolute atomic E-state index is 13.9. The fourth-order valence-corrected chi connectivity index (χ4v) is 3.31. The fourth-order valence-electron chi connectivity index (χ4n) is 3.31. The summed E-state index contributed by atoms with van der Waals surface area (Å²) in [4.78, 5) is 29.1. The van der Waals surface area contributed by atoms with E-state index in [2.05, 4.69) is 15.3 Å². The number of esters is 1. The number of ether oxygens (including phenoxy) is 2. The summed E-state index contributed by atoms with van der Waals surface area (Å²) < 4.78 is 78.2. The van der Waals surface area contributed by atoms with Gasteiger partial charge in [0.15, 0.2) is 0 Å². The van der Waals surface area contributed by atoms with Crippen molar-refractivity contribution in [1.82, 2.24) is 5.32 Å². The van der Waals surface area contributed by atoms with E-state index in [0.29, 0.717) is 6.07 Å². The lowest BCUT2D eigenvalue weighted by Crippen LogP contribution is -2.58. The Kier molecular flexibility index (Phi) is 6.82. The number of nitrogens with one attached hydrogen (secondary N) is 1. The van der Waals surface area contributed by atoms with Gasteiger partial charge in [-0.25, -0.2) is 8.78 Å². The molecule has 0 saturated carbocycles. The average molecular weight is 462 g/mol. The van der Waals surface area contributed by atoms with Crippen molar-refractivity contribution in [2.45, 2.75) is 30.7 Å². The molecule has 1 aromatic carbocycles. The van der Waals surface area contributed by atoms with Crippen molar-refractivity contribution < 1.29 is 45.9 Å². The Hall–Kier alpha value is -3.02.